The summed E-state index contributed by atoms with van der Waals surface area (Å²) < 4.78 is 0. The van der Waals surface area contributed by atoms with Crippen molar-refractivity contribution >= 4 is 0 Å². The third-order valence-corrected chi connectivity index (χ3v) is 1.30. The Hall–Kier alpha value is -0.0400. The maximum Gasteiger partial charge on any atom is 0.00386 e. The van der Waals surface area contributed by atoms with Crippen molar-refractivity contribution in [3.63, 3.8) is 0 Å². The summed E-state index contributed by atoms with van der Waals surface area (Å²) in [7, 11) is 0. The number of hydrogen-bond donors (Lipinski definition) is 1. The molecule has 1 nitrogen and oxygen atoms in total. The molecule has 0 aromatic carbocycles. The molecule has 0 bridgehead atoms. The highest BCUT2D eigenvalue weighted by atomic mass is 14.6. The molecule has 0 amide bonds. The summed E-state index contributed by atoms with van der Waals surface area (Å²) in [5.41, 5.74) is 5.67. The molecule has 0 saturated heterocycles. The monoisotopic (exact) mass is 115 g/mol. The van der Waals surface area contributed by atoms with Crippen LogP contribution in [0.1, 0.15) is 33.6 Å². The molecule has 0 aromatic rings. The van der Waals surface area contributed by atoms with Gasteiger partial charge in [-0.2, -0.15) is 0 Å². The molecular formula is C7H17N. The smallest absolute Gasteiger partial charge is 0.00386 e. The van der Waals surface area contributed by atoms with E-state index in [0.717, 1.165) is 18.8 Å². The normalized spacial score (nSPS) is 14.6. The maximum atomic E-state index is 5.67. The SMILES string of the molecule is CC[C@@H](N)CC(C)C. The summed E-state index contributed by atoms with van der Waals surface area (Å²) >= 11 is 0. The van der Waals surface area contributed by atoms with E-state index < -0.39 is 0 Å². The minimum absolute atomic E-state index is 0.426. The van der Waals surface area contributed by atoms with Crippen molar-refractivity contribution in [1.29, 1.82) is 0 Å². The van der Waals surface area contributed by atoms with Crippen molar-refractivity contribution in [1.82, 2.24) is 0 Å². The fourth-order valence-corrected chi connectivity index (χ4v) is 0.772. The van der Waals surface area contributed by atoms with Crippen LogP contribution in [-0.4, -0.2) is 6.04 Å². The summed E-state index contributed by atoms with van der Waals surface area (Å²) in [4.78, 5) is 0. The van der Waals surface area contributed by atoms with Crippen LogP contribution in [0, 0.1) is 5.92 Å². The molecule has 0 fully saturated rings. The molecule has 0 rings (SSSR count). The standard InChI is InChI=1S/C7H17N/c1-4-7(8)5-6(2)3/h6-7H,4-5,8H2,1-3H3/t7-/m1/s1. The predicted molar refractivity (Wildman–Crippen MR) is 37.7 cm³/mol. The molecular weight excluding hydrogens is 98.1 g/mol. The van der Waals surface area contributed by atoms with Gasteiger partial charge in [0.1, 0.15) is 0 Å². The van der Waals surface area contributed by atoms with E-state index in [1.54, 1.807) is 0 Å². The minimum Gasteiger partial charge on any atom is -0.328 e. The van der Waals surface area contributed by atoms with Crippen molar-refractivity contribution in [2.75, 3.05) is 0 Å². The molecule has 0 radical (unpaired) electrons. The second kappa shape index (κ2) is 3.90. The van der Waals surface area contributed by atoms with Gasteiger partial charge in [0.05, 0.1) is 0 Å². The van der Waals surface area contributed by atoms with Crippen molar-refractivity contribution in [2.24, 2.45) is 11.7 Å². The van der Waals surface area contributed by atoms with Crippen molar-refractivity contribution < 1.29 is 0 Å². The number of hydrogen-bond acceptors (Lipinski definition) is 1. The fourth-order valence-electron chi connectivity index (χ4n) is 0.772. The van der Waals surface area contributed by atoms with Crippen LogP contribution in [0.15, 0.2) is 0 Å². The van der Waals surface area contributed by atoms with Gasteiger partial charge < -0.3 is 5.73 Å². The van der Waals surface area contributed by atoms with Gasteiger partial charge in [-0.3, -0.25) is 0 Å². The van der Waals surface area contributed by atoms with E-state index in [1.165, 1.54) is 0 Å². The summed E-state index contributed by atoms with van der Waals surface area (Å²) in [6, 6.07) is 0.426. The van der Waals surface area contributed by atoms with Gasteiger partial charge in [-0.05, 0) is 18.8 Å². The van der Waals surface area contributed by atoms with Crippen LogP contribution in [0.25, 0.3) is 0 Å². The zero-order chi connectivity index (χ0) is 6.57. The van der Waals surface area contributed by atoms with E-state index >= 15 is 0 Å². The Morgan fingerprint density at radius 3 is 2.00 bits per heavy atom. The lowest BCUT2D eigenvalue weighted by Crippen LogP contribution is -2.20. The second-order valence-corrected chi connectivity index (χ2v) is 2.80. The van der Waals surface area contributed by atoms with Crippen LogP contribution in [0.4, 0.5) is 0 Å². The lowest BCUT2D eigenvalue weighted by molar-refractivity contribution is 0.486. The molecule has 0 aromatic heterocycles. The fraction of sp³-hybridized carbons (Fsp3) is 1.00. The van der Waals surface area contributed by atoms with E-state index in [9.17, 15) is 0 Å². The minimum atomic E-state index is 0.426. The molecule has 0 aliphatic rings. The molecule has 0 saturated carbocycles. The average molecular weight is 115 g/mol. The van der Waals surface area contributed by atoms with Gasteiger partial charge in [-0.1, -0.05) is 20.8 Å². The molecule has 8 heavy (non-hydrogen) atoms. The highest BCUT2D eigenvalue weighted by molar-refractivity contribution is 4.59. The topological polar surface area (TPSA) is 26.0 Å². The molecule has 0 unspecified atom stereocenters. The summed E-state index contributed by atoms with van der Waals surface area (Å²) in [5.74, 6) is 0.755. The van der Waals surface area contributed by atoms with Crippen LogP contribution in [0.2, 0.25) is 0 Å². The Labute approximate surface area is 52.3 Å². The zero-order valence-electron chi connectivity index (χ0n) is 6.15. The Bertz CT molecular complexity index is 50.3. The first kappa shape index (κ1) is 7.96. The van der Waals surface area contributed by atoms with E-state index in [4.69, 9.17) is 5.73 Å². The molecule has 0 spiro atoms. The molecule has 2 N–H and O–H groups in total. The van der Waals surface area contributed by atoms with E-state index in [0.29, 0.717) is 6.04 Å². The highest BCUT2D eigenvalue weighted by Crippen LogP contribution is 2.03. The van der Waals surface area contributed by atoms with Gasteiger partial charge in [0.25, 0.3) is 0 Å². The number of rotatable bonds is 3. The Morgan fingerprint density at radius 1 is 1.38 bits per heavy atom. The quantitative estimate of drug-likeness (QED) is 0.596. The molecule has 50 valence electrons. The number of nitrogens with two attached hydrogens (primary N) is 1. The zero-order valence-corrected chi connectivity index (χ0v) is 6.15. The van der Waals surface area contributed by atoms with Crippen LogP contribution in [-0.2, 0) is 0 Å². The lowest BCUT2D eigenvalue weighted by atomic mass is 10.0. The van der Waals surface area contributed by atoms with E-state index in [-0.39, 0.29) is 0 Å². The predicted octanol–water partition coefficient (Wildman–Crippen LogP) is 1.77. The Kier molecular flexibility index (Phi) is 3.88. The van der Waals surface area contributed by atoms with Crippen LogP contribution in [0.5, 0.6) is 0 Å². The maximum absolute atomic E-state index is 5.67. The molecule has 0 heterocycles. The van der Waals surface area contributed by atoms with E-state index in [1.807, 2.05) is 0 Å². The van der Waals surface area contributed by atoms with Crippen LogP contribution < -0.4 is 5.73 Å². The van der Waals surface area contributed by atoms with Crippen molar-refractivity contribution in [3.8, 4) is 0 Å². The van der Waals surface area contributed by atoms with Gasteiger partial charge in [0.2, 0.25) is 0 Å². The van der Waals surface area contributed by atoms with Gasteiger partial charge in [-0.25, -0.2) is 0 Å². The second-order valence-electron chi connectivity index (χ2n) is 2.80. The van der Waals surface area contributed by atoms with Gasteiger partial charge in [0.15, 0.2) is 0 Å². The van der Waals surface area contributed by atoms with Gasteiger partial charge in [0, 0.05) is 6.04 Å². The van der Waals surface area contributed by atoms with Crippen LogP contribution in [0.3, 0.4) is 0 Å². The lowest BCUT2D eigenvalue weighted by Gasteiger charge is -2.09. The first-order chi connectivity index (χ1) is 3.66. The molecule has 0 aliphatic carbocycles. The largest absolute Gasteiger partial charge is 0.328 e. The first-order valence-corrected chi connectivity index (χ1v) is 3.42. The third kappa shape index (κ3) is 4.13. The molecule has 1 atom stereocenters. The summed E-state index contributed by atoms with van der Waals surface area (Å²) in [6.45, 7) is 6.54. The molecule has 0 aliphatic heterocycles. The van der Waals surface area contributed by atoms with Gasteiger partial charge >= 0.3 is 0 Å². The van der Waals surface area contributed by atoms with Gasteiger partial charge in [-0.15, -0.1) is 0 Å². The Balaban J connectivity index is 3.10. The highest BCUT2D eigenvalue weighted by Gasteiger charge is 2.00. The first-order valence-electron chi connectivity index (χ1n) is 3.42. The van der Waals surface area contributed by atoms with E-state index in [2.05, 4.69) is 20.8 Å². The third-order valence-electron chi connectivity index (χ3n) is 1.30. The Morgan fingerprint density at radius 2 is 1.88 bits per heavy atom. The summed E-state index contributed by atoms with van der Waals surface area (Å²) in [5, 5.41) is 0. The van der Waals surface area contributed by atoms with Crippen LogP contribution >= 0.6 is 0 Å². The van der Waals surface area contributed by atoms with Crippen molar-refractivity contribution in [2.45, 2.75) is 39.7 Å². The van der Waals surface area contributed by atoms with Crippen molar-refractivity contribution in [3.05, 3.63) is 0 Å². The average Bonchev–Trinajstić information content (AvgIpc) is 1.65. The summed E-state index contributed by atoms with van der Waals surface area (Å²) in [6.07, 6.45) is 2.27. The molecule has 1 heteroatoms.